The third-order valence-corrected chi connectivity index (χ3v) is 8.53. The molecule has 0 aliphatic carbocycles. The first-order chi connectivity index (χ1) is 16.1. The molecular formula is C24H28ClN3O5S. The highest BCUT2D eigenvalue weighted by atomic mass is 35.5. The van der Waals surface area contributed by atoms with Crippen molar-refractivity contribution < 1.29 is 22.8 Å². The van der Waals surface area contributed by atoms with Gasteiger partial charge in [0.15, 0.2) is 0 Å². The van der Waals surface area contributed by atoms with Crippen molar-refractivity contribution in [2.45, 2.75) is 50.1 Å². The number of carbonyl (C=O) groups excluding carboxylic acids is 3. The topological polar surface area (TPSA) is 104 Å². The van der Waals surface area contributed by atoms with Crippen LogP contribution in [-0.2, 0) is 24.4 Å². The van der Waals surface area contributed by atoms with Crippen LogP contribution in [0.25, 0.3) is 10.8 Å². The van der Waals surface area contributed by atoms with E-state index in [0.717, 1.165) is 10.8 Å². The number of Topliss-reactive ketones (excluding diaryl/α,β-unsaturated/α-hetero) is 1. The summed E-state index contributed by atoms with van der Waals surface area (Å²) in [6.45, 7) is 4.50. The minimum Gasteiger partial charge on any atom is -0.341 e. The molecule has 2 heterocycles. The molecule has 10 heteroatoms. The van der Waals surface area contributed by atoms with Crippen LogP contribution in [0.3, 0.4) is 0 Å². The molecule has 2 aliphatic rings. The minimum absolute atomic E-state index is 0.0151. The Bertz CT molecular complexity index is 1240. The number of piperidine rings is 1. The van der Waals surface area contributed by atoms with Crippen molar-refractivity contribution >= 4 is 50.0 Å². The van der Waals surface area contributed by atoms with Gasteiger partial charge in [-0.25, -0.2) is 8.42 Å². The lowest BCUT2D eigenvalue weighted by Gasteiger charge is -2.35. The molecule has 2 saturated heterocycles. The highest BCUT2D eigenvalue weighted by Crippen LogP contribution is 2.25. The molecule has 8 nitrogen and oxygen atoms in total. The molecule has 4 rings (SSSR count). The summed E-state index contributed by atoms with van der Waals surface area (Å²) in [4.78, 5) is 40.7. The summed E-state index contributed by atoms with van der Waals surface area (Å²) in [6.07, 6.45) is 1.54. The van der Waals surface area contributed by atoms with Crippen LogP contribution in [0.15, 0.2) is 41.3 Å². The first-order valence-corrected chi connectivity index (χ1v) is 13.2. The summed E-state index contributed by atoms with van der Waals surface area (Å²) >= 11 is 5.99. The van der Waals surface area contributed by atoms with E-state index >= 15 is 0 Å². The molecule has 1 N–H and O–H groups in total. The second kappa shape index (κ2) is 9.64. The van der Waals surface area contributed by atoms with Gasteiger partial charge in [0.2, 0.25) is 21.8 Å². The van der Waals surface area contributed by atoms with E-state index in [1.165, 1.54) is 11.0 Å². The smallest absolute Gasteiger partial charge is 0.245 e. The molecule has 2 atom stereocenters. The number of hydrogen-bond donors (Lipinski definition) is 1. The summed E-state index contributed by atoms with van der Waals surface area (Å²) in [5.41, 5.74) is 0. The van der Waals surface area contributed by atoms with E-state index < -0.39 is 28.0 Å². The van der Waals surface area contributed by atoms with E-state index in [0.29, 0.717) is 37.5 Å². The second-order valence-corrected chi connectivity index (χ2v) is 11.2. The predicted octanol–water partition coefficient (Wildman–Crippen LogP) is 2.59. The molecule has 0 aromatic heterocycles. The van der Waals surface area contributed by atoms with Crippen molar-refractivity contribution in [3.63, 3.8) is 0 Å². The number of rotatable bonds is 6. The summed E-state index contributed by atoms with van der Waals surface area (Å²) in [5.74, 6) is -0.457. The number of hydrogen-bond acceptors (Lipinski definition) is 5. The Kier molecular flexibility index (Phi) is 6.98. The van der Waals surface area contributed by atoms with Crippen LogP contribution in [0.1, 0.15) is 33.1 Å². The zero-order chi connectivity index (χ0) is 24.6. The molecule has 2 aromatic rings. The molecule has 0 spiro atoms. The van der Waals surface area contributed by atoms with E-state index in [9.17, 15) is 22.8 Å². The van der Waals surface area contributed by atoms with E-state index in [4.69, 9.17) is 11.6 Å². The number of amides is 2. The standard InChI is InChI=1S/C24H28ClN3O5S/c1-15(23(30)27-10-7-17(8-11-27)16(2)29)28-12-9-22(24(28)31)26-34(32,33)21-6-4-18-13-20(25)5-3-19(18)14-21/h3-6,13-15,17,22,26H,7-12H2,1-2H3. The number of fused-ring (bicyclic) bond motifs is 1. The molecular weight excluding hydrogens is 478 g/mol. The highest BCUT2D eigenvalue weighted by molar-refractivity contribution is 7.89. The van der Waals surface area contributed by atoms with Crippen LogP contribution in [-0.4, -0.2) is 67.5 Å². The van der Waals surface area contributed by atoms with Gasteiger partial charge in [0.05, 0.1) is 4.90 Å². The fourth-order valence-corrected chi connectivity index (χ4v) is 6.16. The lowest BCUT2D eigenvalue weighted by Crippen LogP contribution is -2.52. The van der Waals surface area contributed by atoms with Gasteiger partial charge in [-0.05, 0) is 68.1 Å². The third-order valence-electron chi connectivity index (χ3n) is 6.83. The average molecular weight is 506 g/mol. The maximum absolute atomic E-state index is 13.0. The second-order valence-electron chi connectivity index (χ2n) is 9.03. The first kappa shape index (κ1) is 24.6. The number of likely N-dealkylation sites (tertiary alicyclic amines) is 2. The summed E-state index contributed by atoms with van der Waals surface area (Å²) in [5, 5.41) is 2.10. The molecule has 182 valence electrons. The maximum atomic E-state index is 13.0. The van der Waals surface area contributed by atoms with Gasteiger partial charge < -0.3 is 9.80 Å². The number of carbonyl (C=O) groups is 3. The van der Waals surface area contributed by atoms with Crippen molar-refractivity contribution in [3.8, 4) is 0 Å². The van der Waals surface area contributed by atoms with Gasteiger partial charge in [-0.15, -0.1) is 0 Å². The summed E-state index contributed by atoms with van der Waals surface area (Å²) in [7, 11) is -3.94. The lowest BCUT2D eigenvalue weighted by molar-refractivity contribution is -0.144. The quantitative estimate of drug-likeness (QED) is 0.650. The van der Waals surface area contributed by atoms with Crippen LogP contribution >= 0.6 is 11.6 Å². The molecule has 2 amide bonds. The summed E-state index contributed by atoms with van der Waals surface area (Å²) in [6, 6.07) is 8.26. The number of ketones is 1. The number of sulfonamides is 1. The zero-order valence-corrected chi connectivity index (χ0v) is 20.7. The molecule has 2 unspecified atom stereocenters. The van der Waals surface area contributed by atoms with Crippen molar-refractivity contribution in [1.29, 1.82) is 0 Å². The normalized spacial score (nSPS) is 20.7. The van der Waals surface area contributed by atoms with Crippen molar-refractivity contribution in [2.75, 3.05) is 19.6 Å². The van der Waals surface area contributed by atoms with Gasteiger partial charge >= 0.3 is 0 Å². The average Bonchev–Trinajstić information content (AvgIpc) is 3.17. The first-order valence-electron chi connectivity index (χ1n) is 11.4. The third kappa shape index (κ3) is 4.96. The number of nitrogens with zero attached hydrogens (tertiary/aromatic N) is 2. The molecule has 0 bridgehead atoms. The van der Waals surface area contributed by atoms with E-state index in [1.807, 2.05) is 0 Å². The summed E-state index contributed by atoms with van der Waals surface area (Å²) < 4.78 is 28.5. The van der Waals surface area contributed by atoms with Gasteiger partial charge in [0.25, 0.3) is 0 Å². The van der Waals surface area contributed by atoms with E-state index in [1.54, 1.807) is 49.1 Å². The van der Waals surface area contributed by atoms with Crippen molar-refractivity contribution in [1.82, 2.24) is 14.5 Å². The zero-order valence-electron chi connectivity index (χ0n) is 19.2. The highest BCUT2D eigenvalue weighted by Gasteiger charge is 2.40. The number of nitrogens with one attached hydrogen (secondary N) is 1. The molecule has 2 aromatic carbocycles. The lowest BCUT2D eigenvalue weighted by atomic mass is 9.93. The Labute approximate surface area is 204 Å². The Balaban J connectivity index is 1.41. The SMILES string of the molecule is CC(=O)C1CCN(C(=O)C(C)N2CCC(NS(=O)(=O)c3ccc4cc(Cl)ccc4c3)C2=O)CC1. The van der Waals surface area contributed by atoms with Crippen LogP contribution < -0.4 is 4.72 Å². The predicted molar refractivity (Wildman–Crippen MR) is 129 cm³/mol. The van der Waals surface area contributed by atoms with Crippen LogP contribution in [0, 0.1) is 5.92 Å². The monoisotopic (exact) mass is 505 g/mol. The van der Waals surface area contributed by atoms with Crippen LogP contribution in [0.2, 0.25) is 5.02 Å². The number of benzene rings is 2. The Morgan fingerprint density at radius 1 is 1.03 bits per heavy atom. The van der Waals surface area contributed by atoms with Gasteiger partial charge in [-0.1, -0.05) is 23.7 Å². The fourth-order valence-electron chi connectivity index (χ4n) is 4.72. The fraction of sp³-hybridized carbons (Fsp3) is 0.458. The van der Waals surface area contributed by atoms with Gasteiger partial charge in [0.1, 0.15) is 17.9 Å². The Morgan fingerprint density at radius 2 is 1.68 bits per heavy atom. The van der Waals surface area contributed by atoms with Crippen LogP contribution in [0.5, 0.6) is 0 Å². The maximum Gasteiger partial charge on any atom is 0.245 e. The van der Waals surface area contributed by atoms with Crippen LogP contribution in [0.4, 0.5) is 0 Å². The van der Waals surface area contributed by atoms with Gasteiger partial charge in [-0.2, -0.15) is 4.72 Å². The van der Waals surface area contributed by atoms with Gasteiger partial charge in [0, 0.05) is 30.6 Å². The van der Waals surface area contributed by atoms with E-state index in [-0.39, 0.29) is 28.9 Å². The molecule has 2 fully saturated rings. The Hall–Kier alpha value is -2.49. The minimum atomic E-state index is -3.94. The Morgan fingerprint density at radius 3 is 2.35 bits per heavy atom. The largest absolute Gasteiger partial charge is 0.341 e. The molecule has 2 aliphatic heterocycles. The van der Waals surface area contributed by atoms with Crippen molar-refractivity contribution in [3.05, 3.63) is 41.4 Å². The molecule has 0 radical (unpaired) electrons. The van der Waals surface area contributed by atoms with Crippen molar-refractivity contribution in [2.24, 2.45) is 5.92 Å². The molecule has 0 saturated carbocycles. The number of halogens is 1. The van der Waals surface area contributed by atoms with E-state index in [2.05, 4.69) is 4.72 Å². The molecule has 34 heavy (non-hydrogen) atoms. The van der Waals surface area contributed by atoms with Gasteiger partial charge in [-0.3, -0.25) is 14.4 Å².